The number of benzene rings is 2. The van der Waals surface area contributed by atoms with Gasteiger partial charge in [-0.1, -0.05) is 24.3 Å². The van der Waals surface area contributed by atoms with Crippen molar-refractivity contribution >= 4 is 11.6 Å². The summed E-state index contributed by atoms with van der Waals surface area (Å²) in [4.78, 5) is 12.1. The molecule has 2 aromatic carbocycles. The summed E-state index contributed by atoms with van der Waals surface area (Å²) >= 11 is 0. The summed E-state index contributed by atoms with van der Waals surface area (Å²) in [6, 6.07) is 9.66. The Hall–Kier alpha value is -3.19. The fourth-order valence-electron chi connectivity index (χ4n) is 3.44. The second kappa shape index (κ2) is 8.45. The van der Waals surface area contributed by atoms with E-state index >= 15 is 0 Å². The molecule has 0 aliphatic carbocycles. The Kier molecular flexibility index (Phi) is 5.98. The van der Waals surface area contributed by atoms with Crippen LogP contribution in [-0.2, 0) is 12.8 Å². The lowest BCUT2D eigenvalue weighted by molar-refractivity contribution is 0.0994. The van der Waals surface area contributed by atoms with Gasteiger partial charge in [0.05, 0.1) is 24.0 Å². The third kappa shape index (κ3) is 4.63. The van der Waals surface area contributed by atoms with Crippen molar-refractivity contribution in [3.8, 4) is 11.5 Å². The van der Waals surface area contributed by atoms with Gasteiger partial charge in [0.2, 0.25) is 0 Å². The van der Waals surface area contributed by atoms with Crippen molar-refractivity contribution in [3.05, 3.63) is 64.3 Å². The minimum Gasteiger partial charge on any atom is -0.493 e. The minimum absolute atomic E-state index is 0.0673. The van der Waals surface area contributed by atoms with Crippen molar-refractivity contribution in [2.75, 3.05) is 13.7 Å². The van der Waals surface area contributed by atoms with E-state index in [-0.39, 0.29) is 6.10 Å². The molecule has 6 N–H and O–H groups in total. The van der Waals surface area contributed by atoms with Crippen LogP contribution in [0.5, 0.6) is 11.5 Å². The van der Waals surface area contributed by atoms with Crippen molar-refractivity contribution in [2.24, 2.45) is 17.3 Å². The summed E-state index contributed by atoms with van der Waals surface area (Å²) in [6.45, 7) is 4.40. The first-order valence-corrected chi connectivity index (χ1v) is 9.58. The highest BCUT2D eigenvalue weighted by atomic mass is 16.5. The quantitative estimate of drug-likeness (QED) is 0.488. The molecule has 0 unspecified atom stereocenters. The van der Waals surface area contributed by atoms with Gasteiger partial charge in [0.15, 0.2) is 0 Å². The smallest absolute Gasteiger partial charge is 0.252 e. The van der Waals surface area contributed by atoms with E-state index < -0.39 is 5.91 Å². The predicted molar refractivity (Wildman–Crippen MR) is 113 cm³/mol. The molecule has 0 saturated heterocycles. The maximum absolute atomic E-state index is 12.1. The van der Waals surface area contributed by atoms with Gasteiger partial charge in [-0.25, -0.2) is 5.84 Å². The van der Waals surface area contributed by atoms with Crippen LogP contribution in [0.15, 0.2) is 36.5 Å². The van der Waals surface area contributed by atoms with E-state index in [1.165, 1.54) is 5.01 Å². The lowest BCUT2D eigenvalue weighted by Crippen LogP contribution is -2.20. The van der Waals surface area contributed by atoms with Crippen molar-refractivity contribution in [2.45, 2.75) is 32.8 Å². The Labute approximate surface area is 171 Å². The lowest BCUT2D eigenvalue weighted by Gasteiger charge is -2.18. The number of nitrogens with zero attached hydrogens (tertiary/aromatic N) is 1. The number of fused-ring (bicyclic) bond motifs is 1. The Morgan fingerprint density at radius 1 is 1.28 bits per heavy atom. The van der Waals surface area contributed by atoms with Crippen LogP contribution < -0.4 is 26.8 Å². The number of hydrogen-bond donors (Lipinski definition) is 3. The Morgan fingerprint density at radius 3 is 2.55 bits per heavy atom. The van der Waals surface area contributed by atoms with E-state index in [0.29, 0.717) is 36.5 Å². The number of amides is 1. The highest BCUT2D eigenvalue weighted by Crippen LogP contribution is 2.41. The third-order valence-electron chi connectivity index (χ3n) is 4.65. The maximum atomic E-state index is 12.1. The number of hydrogen-bond acceptors (Lipinski definition) is 6. The van der Waals surface area contributed by atoms with Gasteiger partial charge >= 0.3 is 0 Å². The molecule has 0 saturated carbocycles. The van der Waals surface area contributed by atoms with Crippen molar-refractivity contribution in [3.63, 3.8) is 0 Å². The first-order valence-electron chi connectivity index (χ1n) is 9.58. The molecule has 7 nitrogen and oxygen atoms in total. The lowest BCUT2D eigenvalue weighted by atomic mass is 9.96. The molecule has 1 aliphatic heterocycles. The standard InChI is InChI=1S/C22H28N4O3/c1-13(2)29-21-17-8-9-28-20(17)16(11-18(21)22(24)27)10-14-4-6-15(7-5-14)19(23)12-26(3)25/h4-7,11-13H,8-10,23,25H2,1-3H3,(H2,24,27)/b19-12-. The van der Waals surface area contributed by atoms with Crippen molar-refractivity contribution < 1.29 is 14.3 Å². The van der Waals surface area contributed by atoms with Crippen LogP contribution in [0.25, 0.3) is 5.70 Å². The molecule has 0 aromatic heterocycles. The van der Waals surface area contributed by atoms with E-state index in [9.17, 15) is 4.79 Å². The zero-order valence-corrected chi connectivity index (χ0v) is 17.1. The molecule has 1 amide bonds. The zero-order valence-electron chi connectivity index (χ0n) is 17.1. The molecule has 0 atom stereocenters. The number of carbonyl (C=O) groups excluding carboxylic acids is 1. The highest BCUT2D eigenvalue weighted by Gasteiger charge is 2.27. The van der Waals surface area contributed by atoms with Gasteiger partial charge in [-0.05, 0) is 36.6 Å². The number of ether oxygens (including phenoxy) is 2. The average Bonchev–Trinajstić information content (AvgIpc) is 3.13. The van der Waals surface area contributed by atoms with E-state index in [4.69, 9.17) is 26.8 Å². The number of nitrogens with two attached hydrogens (primary N) is 3. The molecule has 0 fully saturated rings. The van der Waals surface area contributed by atoms with Crippen LogP contribution in [0.4, 0.5) is 0 Å². The molecule has 7 heteroatoms. The molecule has 1 heterocycles. The monoisotopic (exact) mass is 396 g/mol. The van der Waals surface area contributed by atoms with Gasteiger partial charge in [0.1, 0.15) is 11.5 Å². The average molecular weight is 396 g/mol. The van der Waals surface area contributed by atoms with E-state index in [2.05, 4.69) is 0 Å². The number of hydrazine groups is 1. The van der Waals surface area contributed by atoms with Crippen LogP contribution in [0.3, 0.4) is 0 Å². The molecule has 0 spiro atoms. The molecule has 3 rings (SSSR count). The molecule has 0 bridgehead atoms. The van der Waals surface area contributed by atoms with Crippen molar-refractivity contribution in [1.82, 2.24) is 5.01 Å². The normalized spacial score (nSPS) is 13.2. The number of rotatable bonds is 7. The minimum atomic E-state index is -0.504. The van der Waals surface area contributed by atoms with Crippen molar-refractivity contribution in [1.29, 1.82) is 0 Å². The predicted octanol–water partition coefficient (Wildman–Crippen LogP) is 2.16. The van der Waals surface area contributed by atoms with Gasteiger partial charge in [0.25, 0.3) is 5.91 Å². The van der Waals surface area contributed by atoms with Gasteiger partial charge in [0, 0.05) is 31.7 Å². The topological polar surface area (TPSA) is 117 Å². The maximum Gasteiger partial charge on any atom is 0.252 e. The second-order valence-corrected chi connectivity index (χ2v) is 7.47. The fraction of sp³-hybridized carbons (Fsp3) is 0.318. The van der Waals surface area contributed by atoms with Gasteiger partial charge < -0.3 is 25.9 Å². The Morgan fingerprint density at radius 2 is 1.97 bits per heavy atom. The van der Waals surface area contributed by atoms with Crippen LogP contribution in [0, 0.1) is 0 Å². The first-order chi connectivity index (χ1) is 13.8. The first kappa shape index (κ1) is 20.5. The van der Waals surface area contributed by atoms with Crippen LogP contribution in [0.1, 0.15) is 46.5 Å². The highest BCUT2D eigenvalue weighted by molar-refractivity contribution is 5.97. The van der Waals surface area contributed by atoms with E-state index in [1.54, 1.807) is 19.3 Å². The molecular formula is C22H28N4O3. The Balaban J connectivity index is 1.95. The van der Waals surface area contributed by atoms with Crippen LogP contribution >= 0.6 is 0 Å². The summed E-state index contributed by atoms with van der Waals surface area (Å²) in [5, 5.41) is 1.41. The number of primary amides is 1. The summed E-state index contributed by atoms with van der Waals surface area (Å²) in [6.07, 6.45) is 2.88. The molecule has 2 aromatic rings. The van der Waals surface area contributed by atoms with Gasteiger partial charge in [-0.15, -0.1) is 0 Å². The number of carbonyl (C=O) groups is 1. The van der Waals surface area contributed by atoms with Gasteiger partial charge in [-0.2, -0.15) is 0 Å². The van der Waals surface area contributed by atoms with E-state index in [0.717, 1.165) is 28.0 Å². The Bertz CT molecular complexity index is 934. The third-order valence-corrected chi connectivity index (χ3v) is 4.65. The molecule has 154 valence electrons. The van der Waals surface area contributed by atoms with Crippen LogP contribution in [-0.4, -0.2) is 30.7 Å². The molecular weight excluding hydrogens is 368 g/mol. The summed E-state index contributed by atoms with van der Waals surface area (Å²) in [5.74, 6) is 6.44. The molecule has 1 aliphatic rings. The molecule has 0 radical (unpaired) electrons. The zero-order chi connectivity index (χ0) is 21.1. The fourth-order valence-corrected chi connectivity index (χ4v) is 3.44. The molecule has 29 heavy (non-hydrogen) atoms. The van der Waals surface area contributed by atoms with Gasteiger partial charge in [-0.3, -0.25) is 4.79 Å². The largest absolute Gasteiger partial charge is 0.493 e. The summed E-state index contributed by atoms with van der Waals surface area (Å²) < 4.78 is 11.8. The summed E-state index contributed by atoms with van der Waals surface area (Å²) in [5.41, 5.74) is 16.4. The second-order valence-electron chi connectivity index (χ2n) is 7.47. The van der Waals surface area contributed by atoms with E-state index in [1.807, 2.05) is 38.1 Å². The SMILES string of the molecule is CC(C)Oc1c(C(N)=O)cc(Cc2ccc(/C(N)=C/N(C)N)cc2)c2c1CCO2. The van der Waals surface area contributed by atoms with Crippen LogP contribution in [0.2, 0.25) is 0 Å². The summed E-state index contributed by atoms with van der Waals surface area (Å²) in [7, 11) is 1.71.